The van der Waals surface area contributed by atoms with E-state index in [2.05, 4.69) is 39.8 Å². The zero-order valence-corrected chi connectivity index (χ0v) is 21.6. The van der Waals surface area contributed by atoms with Gasteiger partial charge < -0.3 is 9.47 Å². The molecule has 3 aromatic rings. The van der Waals surface area contributed by atoms with Crippen molar-refractivity contribution in [3.8, 4) is 17.4 Å². The predicted octanol–water partition coefficient (Wildman–Crippen LogP) is 2.04. The molecule has 0 aliphatic carbocycles. The SMILES string of the molecule is COc1ncnc(OC)c1-n1c(NS(=O)(=O)[C@@H](C)[C@H](C)c2ncc(F)cn2)nnc1C1=CC(C)CN=C1. The van der Waals surface area contributed by atoms with Crippen molar-refractivity contribution in [3.05, 3.63) is 42.3 Å². The van der Waals surface area contributed by atoms with E-state index in [1.165, 1.54) is 32.0 Å². The Morgan fingerprint density at radius 2 is 1.73 bits per heavy atom. The molecule has 196 valence electrons. The van der Waals surface area contributed by atoms with Gasteiger partial charge in [-0.25, -0.2) is 22.8 Å². The lowest BCUT2D eigenvalue weighted by molar-refractivity contribution is 0.368. The molecule has 4 heterocycles. The molecule has 0 radical (unpaired) electrons. The number of halogens is 1. The third-order valence-corrected chi connectivity index (χ3v) is 7.70. The van der Waals surface area contributed by atoms with Gasteiger partial charge in [0.2, 0.25) is 27.7 Å². The summed E-state index contributed by atoms with van der Waals surface area (Å²) >= 11 is 0. The molecule has 15 heteroatoms. The van der Waals surface area contributed by atoms with Crippen LogP contribution in [0.3, 0.4) is 0 Å². The van der Waals surface area contributed by atoms with E-state index in [0.717, 1.165) is 12.4 Å². The summed E-state index contributed by atoms with van der Waals surface area (Å²) in [5.41, 5.74) is 0.811. The molecule has 0 spiro atoms. The zero-order valence-electron chi connectivity index (χ0n) is 20.8. The Morgan fingerprint density at radius 3 is 2.32 bits per heavy atom. The van der Waals surface area contributed by atoms with E-state index in [1.807, 2.05) is 13.0 Å². The highest BCUT2D eigenvalue weighted by Gasteiger charge is 2.33. The molecular formula is C22H26FN9O4S. The minimum atomic E-state index is -4.09. The molecule has 0 bridgehead atoms. The van der Waals surface area contributed by atoms with Gasteiger partial charge in [-0.3, -0.25) is 14.3 Å². The topological polar surface area (TPSA) is 159 Å². The number of hydrogen-bond acceptors (Lipinski definition) is 11. The van der Waals surface area contributed by atoms with Gasteiger partial charge >= 0.3 is 0 Å². The number of aliphatic imine (C=N–C) groups is 1. The van der Waals surface area contributed by atoms with Crippen LogP contribution in [0, 0.1) is 11.7 Å². The third kappa shape index (κ3) is 5.26. The Bertz CT molecular complexity index is 1420. The number of sulfonamides is 1. The van der Waals surface area contributed by atoms with Crippen LogP contribution >= 0.6 is 0 Å². The summed E-state index contributed by atoms with van der Waals surface area (Å²) in [6, 6.07) is 0. The van der Waals surface area contributed by atoms with E-state index >= 15 is 0 Å². The number of rotatable bonds is 9. The van der Waals surface area contributed by atoms with Gasteiger partial charge in [-0.1, -0.05) is 19.9 Å². The Kier molecular flexibility index (Phi) is 7.42. The van der Waals surface area contributed by atoms with Gasteiger partial charge in [0.05, 0.1) is 31.9 Å². The van der Waals surface area contributed by atoms with E-state index < -0.39 is 27.0 Å². The first kappa shape index (κ1) is 26.1. The van der Waals surface area contributed by atoms with E-state index in [0.29, 0.717) is 12.1 Å². The minimum absolute atomic E-state index is 0.107. The fourth-order valence-electron chi connectivity index (χ4n) is 3.69. The van der Waals surface area contributed by atoms with Crippen LogP contribution in [0.4, 0.5) is 10.3 Å². The first-order valence-electron chi connectivity index (χ1n) is 11.3. The Labute approximate surface area is 213 Å². The molecule has 37 heavy (non-hydrogen) atoms. The minimum Gasteiger partial charge on any atom is -0.479 e. The van der Waals surface area contributed by atoms with Crippen LogP contribution in [-0.4, -0.2) is 75.3 Å². The van der Waals surface area contributed by atoms with Gasteiger partial charge in [0.1, 0.15) is 12.2 Å². The summed E-state index contributed by atoms with van der Waals surface area (Å²) in [6.45, 7) is 5.73. The fraction of sp³-hybridized carbons (Fsp3) is 0.409. The van der Waals surface area contributed by atoms with Gasteiger partial charge in [-0.05, 0) is 12.8 Å². The molecule has 3 aromatic heterocycles. The number of methoxy groups -OCH3 is 2. The van der Waals surface area contributed by atoms with Gasteiger partial charge in [0.15, 0.2) is 17.3 Å². The second-order valence-electron chi connectivity index (χ2n) is 8.42. The molecule has 0 amide bonds. The molecule has 1 N–H and O–H groups in total. The largest absolute Gasteiger partial charge is 0.479 e. The number of aromatic nitrogens is 7. The molecular weight excluding hydrogens is 505 g/mol. The summed E-state index contributed by atoms with van der Waals surface area (Å²) in [5, 5.41) is 7.35. The Morgan fingerprint density at radius 1 is 1.08 bits per heavy atom. The maximum atomic E-state index is 13.5. The van der Waals surface area contributed by atoms with Crippen molar-refractivity contribution in [1.82, 2.24) is 34.7 Å². The van der Waals surface area contributed by atoms with E-state index in [-0.39, 0.29) is 41.0 Å². The zero-order chi connectivity index (χ0) is 26.7. The van der Waals surface area contributed by atoms with Gasteiger partial charge in [-0.15, -0.1) is 10.2 Å². The number of anilines is 1. The fourth-order valence-corrected chi connectivity index (χ4v) is 4.93. The lowest BCUT2D eigenvalue weighted by Crippen LogP contribution is -2.31. The number of nitrogens with zero attached hydrogens (tertiary/aromatic N) is 8. The quantitative estimate of drug-likeness (QED) is 0.433. The summed E-state index contributed by atoms with van der Waals surface area (Å²) in [7, 11) is -1.27. The van der Waals surface area contributed by atoms with Crippen LogP contribution in [-0.2, 0) is 10.0 Å². The van der Waals surface area contributed by atoms with Gasteiger partial charge in [0.25, 0.3) is 0 Å². The molecule has 0 fully saturated rings. The molecule has 3 atom stereocenters. The van der Waals surface area contributed by atoms with Crippen molar-refractivity contribution in [2.75, 3.05) is 25.5 Å². The molecule has 1 aliphatic heterocycles. The average molecular weight is 532 g/mol. The van der Waals surface area contributed by atoms with Crippen LogP contribution in [0.2, 0.25) is 0 Å². The number of hydrogen-bond donors (Lipinski definition) is 1. The van der Waals surface area contributed by atoms with Crippen molar-refractivity contribution in [2.24, 2.45) is 10.9 Å². The van der Waals surface area contributed by atoms with Gasteiger partial charge in [0, 0.05) is 24.3 Å². The maximum Gasteiger partial charge on any atom is 0.245 e. The molecule has 0 aromatic carbocycles. The monoisotopic (exact) mass is 531 g/mol. The first-order chi connectivity index (χ1) is 17.7. The van der Waals surface area contributed by atoms with Crippen molar-refractivity contribution in [1.29, 1.82) is 0 Å². The average Bonchev–Trinajstić information content (AvgIpc) is 3.29. The van der Waals surface area contributed by atoms with Crippen molar-refractivity contribution >= 4 is 27.8 Å². The van der Waals surface area contributed by atoms with E-state index in [1.54, 1.807) is 13.1 Å². The molecule has 1 unspecified atom stereocenters. The summed E-state index contributed by atoms with van der Waals surface area (Å²) < 4.78 is 55.0. The van der Waals surface area contributed by atoms with Crippen molar-refractivity contribution in [2.45, 2.75) is 31.9 Å². The number of ether oxygens (including phenoxy) is 2. The highest BCUT2D eigenvalue weighted by atomic mass is 32.2. The third-order valence-electron chi connectivity index (χ3n) is 5.85. The molecule has 0 saturated heterocycles. The lowest BCUT2D eigenvalue weighted by atomic mass is 10.1. The number of nitrogens with one attached hydrogen (secondary N) is 1. The van der Waals surface area contributed by atoms with Crippen LogP contribution in [0.5, 0.6) is 11.8 Å². The highest BCUT2D eigenvalue weighted by Crippen LogP contribution is 2.34. The normalized spacial score (nSPS) is 17.1. The Balaban J connectivity index is 1.81. The van der Waals surface area contributed by atoms with Crippen LogP contribution in [0.15, 0.2) is 29.8 Å². The van der Waals surface area contributed by atoms with Crippen LogP contribution in [0.25, 0.3) is 11.3 Å². The standard InChI is InChI=1S/C22H26FN9O4S/c1-12-6-15(8-24-7-12)19-29-30-22(32(19)17-20(35-4)27-11-28-21(17)36-5)31-37(33,34)14(3)13(2)18-25-9-16(23)10-26-18/h6,8-14H,7H2,1-5H3,(H,30,31)/t12?,13-,14-/m0/s1. The maximum absolute atomic E-state index is 13.5. The number of dihydropyridines is 1. The molecule has 13 nitrogen and oxygen atoms in total. The smallest absolute Gasteiger partial charge is 0.245 e. The van der Waals surface area contributed by atoms with E-state index in [4.69, 9.17) is 9.47 Å². The van der Waals surface area contributed by atoms with E-state index in [9.17, 15) is 12.8 Å². The van der Waals surface area contributed by atoms with Crippen LogP contribution in [0.1, 0.15) is 38.3 Å². The summed E-state index contributed by atoms with van der Waals surface area (Å²) in [5.74, 6) is -0.640. The molecule has 0 saturated carbocycles. The van der Waals surface area contributed by atoms with Crippen molar-refractivity contribution in [3.63, 3.8) is 0 Å². The highest BCUT2D eigenvalue weighted by molar-refractivity contribution is 7.93. The second-order valence-corrected chi connectivity index (χ2v) is 10.5. The number of allylic oxidation sites excluding steroid dienone is 1. The Hall–Kier alpha value is -4.01. The first-order valence-corrected chi connectivity index (χ1v) is 12.8. The second kappa shape index (κ2) is 10.5. The summed E-state index contributed by atoms with van der Waals surface area (Å²) in [4.78, 5) is 20.5. The summed E-state index contributed by atoms with van der Waals surface area (Å²) in [6.07, 6.45) is 6.82. The lowest BCUT2D eigenvalue weighted by Gasteiger charge is -2.21. The molecule has 4 rings (SSSR count). The van der Waals surface area contributed by atoms with Crippen LogP contribution < -0.4 is 14.2 Å². The van der Waals surface area contributed by atoms with Crippen molar-refractivity contribution < 1.29 is 22.3 Å². The van der Waals surface area contributed by atoms with Gasteiger partial charge in [-0.2, -0.15) is 9.97 Å². The molecule has 1 aliphatic rings. The predicted molar refractivity (Wildman–Crippen MR) is 133 cm³/mol.